The summed E-state index contributed by atoms with van der Waals surface area (Å²) in [5, 5.41) is 0. The molecule has 2 aromatic rings. The Morgan fingerprint density at radius 1 is 1.14 bits per heavy atom. The summed E-state index contributed by atoms with van der Waals surface area (Å²) in [7, 11) is -2.13. The summed E-state index contributed by atoms with van der Waals surface area (Å²) >= 11 is 3.30. The molecule has 6 heteroatoms. The van der Waals surface area contributed by atoms with E-state index in [-0.39, 0.29) is 10.6 Å². The lowest BCUT2D eigenvalue weighted by Gasteiger charge is -2.08. The van der Waals surface area contributed by atoms with E-state index in [1.165, 1.54) is 7.11 Å². The highest BCUT2D eigenvalue weighted by atomic mass is 79.9. The summed E-state index contributed by atoms with van der Waals surface area (Å²) in [6, 6.07) is 13.0. The average molecular weight is 369 g/mol. The molecule has 0 atom stereocenters. The van der Waals surface area contributed by atoms with E-state index in [2.05, 4.69) is 20.7 Å². The van der Waals surface area contributed by atoms with Crippen LogP contribution in [0.4, 0.5) is 0 Å². The lowest BCUT2D eigenvalue weighted by atomic mass is 10.1. The Balaban J connectivity index is 2.30. The van der Waals surface area contributed by atoms with Crippen LogP contribution in [-0.2, 0) is 20.3 Å². The molecule has 0 spiro atoms. The summed E-state index contributed by atoms with van der Waals surface area (Å²) in [4.78, 5) is 11.7. The van der Waals surface area contributed by atoms with Crippen LogP contribution in [0.5, 0.6) is 0 Å². The van der Waals surface area contributed by atoms with E-state index < -0.39 is 15.8 Å². The minimum Gasteiger partial charge on any atom is -0.465 e. The molecule has 110 valence electrons. The minimum absolute atomic E-state index is 0.140. The number of benzene rings is 2. The van der Waals surface area contributed by atoms with Crippen molar-refractivity contribution in [2.45, 2.75) is 10.6 Å². The predicted octanol–water partition coefficient (Wildman–Crippen LogP) is 3.21. The van der Waals surface area contributed by atoms with Crippen molar-refractivity contribution in [1.29, 1.82) is 0 Å². The van der Waals surface area contributed by atoms with Gasteiger partial charge in [0.05, 0.1) is 23.3 Å². The number of methoxy groups -OCH3 is 1. The number of hydrogen-bond acceptors (Lipinski definition) is 4. The maximum Gasteiger partial charge on any atom is 0.337 e. The molecule has 0 saturated carbocycles. The molecule has 0 bridgehead atoms. The quantitative estimate of drug-likeness (QED) is 0.777. The van der Waals surface area contributed by atoms with Crippen LogP contribution in [0, 0.1) is 0 Å². The molecule has 0 saturated heterocycles. The fourth-order valence-electron chi connectivity index (χ4n) is 1.83. The van der Waals surface area contributed by atoms with Crippen LogP contribution < -0.4 is 0 Å². The number of carbonyl (C=O) groups is 1. The highest BCUT2D eigenvalue weighted by molar-refractivity contribution is 9.10. The Bertz CT molecular complexity index is 754. The van der Waals surface area contributed by atoms with Gasteiger partial charge in [0.15, 0.2) is 9.84 Å². The molecule has 0 fully saturated rings. The predicted molar refractivity (Wildman–Crippen MR) is 82.8 cm³/mol. The van der Waals surface area contributed by atoms with Gasteiger partial charge in [0, 0.05) is 4.47 Å². The smallest absolute Gasteiger partial charge is 0.337 e. The summed E-state index contributed by atoms with van der Waals surface area (Å²) in [6.07, 6.45) is 0. The summed E-state index contributed by atoms with van der Waals surface area (Å²) in [6.45, 7) is 0. The van der Waals surface area contributed by atoms with Crippen molar-refractivity contribution in [2.75, 3.05) is 7.11 Å². The molecule has 0 amide bonds. The van der Waals surface area contributed by atoms with Gasteiger partial charge in [-0.1, -0.05) is 40.2 Å². The van der Waals surface area contributed by atoms with Gasteiger partial charge >= 0.3 is 5.97 Å². The van der Waals surface area contributed by atoms with E-state index in [1.807, 2.05) is 0 Å². The molecule has 21 heavy (non-hydrogen) atoms. The highest BCUT2D eigenvalue weighted by Crippen LogP contribution is 2.24. The van der Waals surface area contributed by atoms with Crippen molar-refractivity contribution in [3.63, 3.8) is 0 Å². The molecule has 0 unspecified atom stereocenters. The Hall–Kier alpha value is -1.66. The zero-order chi connectivity index (χ0) is 15.5. The molecular formula is C15H13BrO4S. The molecular weight excluding hydrogens is 356 g/mol. The van der Waals surface area contributed by atoms with E-state index in [0.29, 0.717) is 15.6 Å². The fourth-order valence-corrected chi connectivity index (χ4v) is 3.93. The first-order valence-corrected chi connectivity index (χ1v) is 8.53. The lowest BCUT2D eigenvalue weighted by molar-refractivity contribution is 0.0600. The van der Waals surface area contributed by atoms with Crippen LogP contribution in [0.1, 0.15) is 15.9 Å². The topological polar surface area (TPSA) is 60.4 Å². The summed E-state index contributed by atoms with van der Waals surface area (Å²) in [5.41, 5.74) is 0.955. The molecule has 0 aromatic heterocycles. The number of ether oxygens (including phenoxy) is 1. The third-order valence-electron chi connectivity index (χ3n) is 2.92. The largest absolute Gasteiger partial charge is 0.465 e. The van der Waals surface area contributed by atoms with Crippen molar-refractivity contribution < 1.29 is 17.9 Å². The minimum atomic E-state index is -3.42. The van der Waals surface area contributed by atoms with E-state index >= 15 is 0 Å². The van der Waals surface area contributed by atoms with Gasteiger partial charge in [0.2, 0.25) is 0 Å². The second-order valence-corrected chi connectivity index (χ2v) is 7.21. The number of hydrogen-bond donors (Lipinski definition) is 0. The number of halogens is 1. The van der Waals surface area contributed by atoms with Crippen LogP contribution in [0.3, 0.4) is 0 Å². The number of carbonyl (C=O) groups excluding carboxylic acids is 1. The molecule has 0 aliphatic carbocycles. The lowest BCUT2D eigenvalue weighted by Crippen LogP contribution is -2.07. The van der Waals surface area contributed by atoms with Gasteiger partial charge in [0.1, 0.15) is 0 Å². The van der Waals surface area contributed by atoms with Gasteiger partial charge in [0.25, 0.3) is 0 Å². The Labute approximate surface area is 131 Å². The van der Waals surface area contributed by atoms with Gasteiger partial charge in [-0.05, 0) is 29.8 Å². The Kier molecular flexibility index (Phi) is 4.80. The van der Waals surface area contributed by atoms with Crippen LogP contribution >= 0.6 is 15.9 Å². The van der Waals surface area contributed by atoms with Gasteiger partial charge in [-0.3, -0.25) is 0 Å². The average Bonchev–Trinajstić information content (AvgIpc) is 2.49. The van der Waals surface area contributed by atoms with Gasteiger partial charge in [-0.15, -0.1) is 0 Å². The zero-order valence-corrected chi connectivity index (χ0v) is 13.6. The first kappa shape index (κ1) is 15.7. The van der Waals surface area contributed by atoms with Crippen LogP contribution in [-0.4, -0.2) is 21.5 Å². The van der Waals surface area contributed by atoms with Crippen molar-refractivity contribution in [3.8, 4) is 0 Å². The monoisotopic (exact) mass is 368 g/mol. The zero-order valence-electron chi connectivity index (χ0n) is 11.2. The highest BCUT2D eigenvalue weighted by Gasteiger charge is 2.17. The van der Waals surface area contributed by atoms with Crippen molar-refractivity contribution in [2.24, 2.45) is 0 Å². The second-order valence-electron chi connectivity index (χ2n) is 4.37. The fraction of sp³-hybridized carbons (Fsp3) is 0.133. The molecule has 4 nitrogen and oxygen atoms in total. The number of rotatable bonds is 4. The molecule has 0 aliphatic rings. The van der Waals surface area contributed by atoms with Gasteiger partial charge < -0.3 is 4.74 Å². The van der Waals surface area contributed by atoms with Crippen LogP contribution in [0.2, 0.25) is 0 Å². The van der Waals surface area contributed by atoms with Crippen LogP contribution in [0.15, 0.2) is 57.9 Å². The third kappa shape index (κ3) is 3.71. The molecule has 0 radical (unpaired) electrons. The van der Waals surface area contributed by atoms with E-state index in [4.69, 9.17) is 0 Å². The number of sulfone groups is 1. The Morgan fingerprint density at radius 3 is 2.38 bits per heavy atom. The van der Waals surface area contributed by atoms with Gasteiger partial charge in [-0.2, -0.15) is 0 Å². The standard InChI is InChI=1S/C15H13BrO4S/c1-20-15(17)11-7-8-12(14(16)9-11)10-21(18,19)13-5-3-2-4-6-13/h2-9H,10H2,1H3. The first-order chi connectivity index (χ1) is 9.94. The van der Waals surface area contributed by atoms with E-state index in [9.17, 15) is 13.2 Å². The van der Waals surface area contributed by atoms with Crippen LogP contribution in [0.25, 0.3) is 0 Å². The first-order valence-electron chi connectivity index (χ1n) is 6.08. The van der Waals surface area contributed by atoms with Crippen molar-refractivity contribution >= 4 is 31.7 Å². The third-order valence-corrected chi connectivity index (χ3v) is 5.34. The normalized spacial score (nSPS) is 11.1. The van der Waals surface area contributed by atoms with Gasteiger partial charge in [-0.25, -0.2) is 13.2 Å². The Morgan fingerprint density at radius 2 is 1.81 bits per heavy atom. The van der Waals surface area contributed by atoms with E-state index in [1.54, 1.807) is 48.5 Å². The maximum absolute atomic E-state index is 12.3. The summed E-state index contributed by atoms with van der Waals surface area (Å²) < 4.78 is 29.8. The molecule has 0 N–H and O–H groups in total. The van der Waals surface area contributed by atoms with E-state index in [0.717, 1.165) is 0 Å². The molecule has 2 aromatic carbocycles. The molecule has 0 heterocycles. The van der Waals surface area contributed by atoms with Crippen molar-refractivity contribution in [3.05, 3.63) is 64.1 Å². The maximum atomic E-state index is 12.3. The summed E-state index contributed by atoms with van der Waals surface area (Å²) in [5.74, 6) is -0.604. The second kappa shape index (κ2) is 6.41. The molecule has 0 aliphatic heterocycles. The molecule has 2 rings (SSSR count). The van der Waals surface area contributed by atoms with Crippen molar-refractivity contribution in [1.82, 2.24) is 0 Å². The number of esters is 1. The SMILES string of the molecule is COC(=O)c1ccc(CS(=O)(=O)c2ccccc2)c(Br)c1.